The van der Waals surface area contributed by atoms with E-state index < -0.39 is 17.5 Å². The number of nitrogens with zero attached hydrogens (tertiary/aromatic N) is 1. The van der Waals surface area contributed by atoms with Crippen LogP contribution in [0.2, 0.25) is 0 Å². The summed E-state index contributed by atoms with van der Waals surface area (Å²) >= 11 is 0. The molecular formula is C15H13FN2O2. The summed E-state index contributed by atoms with van der Waals surface area (Å²) in [6, 6.07) is 2.61. The first-order chi connectivity index (χ1) is 9.60. The van der Waals surface area contributed by atoms with Crippen LogP contribution in [-0.4, -0.2) is 24.8 Å². The monoisotopic (exact) mass is 272 g/mol. The van der Waals surface area contributed by atoms with Gasteiger partial charge in [0.25, 0.3) is 11.7 Å². The van der Waals surface area contributed by atoms with Crippen molar-refractivity contribution < 1.29 is 14.0 Å². The molecule has 0 atom stereocenters. The standard InChI is InChI=1S/C15H13FN2O2/c1-2-5-18(8-9-3-4-9)13-7-12-10(6-11(13)16)14(19)15(20)17-12/h1,6-7,9H,3-5,8H2,(H,17,19,20). The topological polar surface area (TPSA) is 49.4 Å². The largest absolute Gasteiger partial charge is 0.358 e. The van der Waals surface area contributed by atoms with Gasteiger partial charge in [0.2, 0.25) is 0 Å². The van der Waals surface area contributed by atoms with E-state index in [0.29, 0.717) is 30.4 Å². The summed E-state index contributed by atoms with van der Waals surface area (Å²) < 4.78 is 14.2. The molecule has 20 heavy (non-hydrogen) atoms. The molecule has 1 aromatic carbocycles. The van der Waals surface area contributed by atoms with Gasteiger partial charge >= 0.3 is 0 Å². The van der Waals surface area contributed by atoms with E-state index in [-0.39, 0.29) is 5.56 Å². The highest BCUT2D eigenvalue weighted by Gasteiger charge is 2.31. The lowest BCUT2D eigenvalue weighted by Crippen LogP contribution is -2.27. The lowest BCUT2D eigenvalue weighted by molar-refractivity contribution is -0.112. The first-order valence-corrected chi connectivity index (χ1v) is 6.47. The van der Waals surface area contributed by atoms with E-state index in [1.54, 1.807) is 4.90 Å². The summed E-state index contributed by atoms with van der Waals surface area (Å²) in [5.41, 5.74) is 0.779. The van der Waals surface area contributed by atoms with E-state index >= 15 is 0 Å². The molecule has 102 valence electrons. The number of fused-ring (bicyclic) bond motifs is 1. The van der Waals surface area contributed by atoms with E-state index in [4.69, 9.17) is 6.42 Å². The number of Topliss-reactive ketones (excluding diaryl/α,β-unsaturated/α-hetero) is 1. The zero-order valence-corrected chi connectivity index (χ0v) is 10.8. The Kier molecular flexibility index (Phi) is 2.94. The van der Waals surface area contributed by atoms with Gasteiger partial charge in [-0.3, -0.25) is 9.59 Å². The van der Waals surface area contributed by atoms with Gasteiger partial charge in [-0.25, -0.2) is 4.39 Å². The minimum absolute atomic E-state index is 0.0864. The minimum Gasteiger partial charge on any atom is -0.358 e. The number of hydrogen-bond donors (Lipinski definition) is 1. The van der Waals surface area contributed by atoms with Crippen LogP contribution in [0.15, 0.2) is 12.1 Å². The number of ketones is 1. The number of nitrogens with one attached hydrogen (secondary N) is 1. The SMILES string of the molecule is C#CCN(CC1CC1)c1cc2c(cc1F)C(=O)C(=O)N2. The third kappa shape index (κ3) is 2.14. The predicted octanol–water partition coefficient (Wildman–Crippen LogP) is 1.81. The summed E-state index contributed by atoms with van der Waals surface area (Å²) in [5.74, 6) is 1.12. The summed E-state index contributed by atoms with van der Waals surface area (Å²) in [5, 5.41) is 2.45. The van der Waals surface area contributed by atoms with E-state index in [9.17, 15) is 14.0 Å². The molecule has 1 fully saturated rings. The van der Waals surface area contributed by atoms with Crippen molar-refractivity contribution in [2.24, 2.45) is 5.92 Å². The summed E-state index contributed by atoms with van der Waals surface area (Å²) in [6.45, 7) is 0.996. The fourth-order valence-electron chi connectivity index (χ4n) is 2.37. The second-order valence-corrected chi connectivity index (χ2v) is 5.16. The van der Waals surface area contributed by atoms with Crippen molar-refractivity contribution in [3.8, 4) is 12.3 Å². The molecule has 1 saturated carbocycles. The van der Waals surface area contributed by atoms with E-state index in [0.717, 1.165) is 18.9 Å². The van der Waals surface area contributed by atoms with Crippen LogP contribution in [0.3, 0.4) is 0 Å². The summed E-state index contributed by atoms with van der Waals surface area (Å²) in [6.07, 6.45) is 7.59. The van der Waals surface area contributed by atoms with Gasteiger partial charge in [-0.15, -0.1) is 6.42 Å². The van der Waals surface area contributed by atoms with Crippen molar-refractivity contribution >= 4 is 23.1 Å². The molecule has 0 spiro atoms. The van der Waals surface area contributed by atoms with Crippen molar-refractivity contribution in [2.75, 3.05) is 23.3 Å². The Balaban J connectivity index is 1.97. The van der Waals surface area contributed by atoms with Crippen molar-refractivity contribution in [1.82, 2.24) is 0 Å². The fourth-order valence-corrected chi connectivity index (χ4v) is 2.37. The number of carbonyl (C=O) groups excluding carboxylic acids is 2. The van der Waals surface area contributed by atoms with Crippen LogP contribution < -0.4 is 10.2 Å². The molecule has 0 bridgehead atoms. The molecular weight excluding hydrogens is 259 g/mol. The maximum Gasteiger partial charge on any atom is 0.296 e. The molecule has 4 nitrogen and oxygen atoms in total. The molecule has 2 aliphatic rings. The minimum atomic E-state index is -0.720. The lowest BCUT2D eigenvalue weighted by Gasteiger charge is -2.23. The van der Waals surface area contributed by atoms with E-state index in [2.05, 4.69) is 11.2 Å². The average Bonchev–Trinajstić information content (AvgIpc) is 3.18. The number of benzene rings is 1. The Morgan fingerprint density at radius 3 is 2.80 bits per heavy atom. The third-order valence-corrected chi connectivity index (χ3v) is 3.58. The van der Waals surface area contributed by atoms with Crippen LogP contribution in [0.4, 0.5) is 15.8 Å². The van der Waals surface area contributed by atoms with Crippen LogP contribution in [0.25, 0.3) is 0 Å². The number of rotatable bonds is 4. The first-order valence-electron chi connectivity index (χ1n) is 6.47. The van der Waals surface area contributed by atoms with Gasteiger partial charge in [-0.05, 0) is 30.9 Å². The van der Waals surface area contributed by atoms with Crippen LogP contribution >= 0.6 is 0 Å². The Morgan fingerprint density at radius 1 is 1.40 bits per heavy atom. The van der Waals surface area contributed by atoms with Gasteiger partial charge in [0.05, 0.1) is 23.5 Å². The number of halogens is 1. The molecule has 1 aliphatic carbocycles. The number of terminal acetylenes is 1. The number of amides is 1. The molecule has 5 heteroatoms. The first kappa shape index (κ1) is 12.7. The second kappa shape index (κ2) is 4.64. The maximum atomic E-state index is 14.2. The van der Waals surface area contributed by atoms with Crippen molar-refractivity contribution in [1.29, 1.82) is 0 Å². The Morgan fingerprint density at radius 2 is 2.15 bits per heavy atom. The average molecular weight is 272 g/mol. The molecule has 3 rings (SSSR count). The molecule has 1 aliphatic heterocycles. The van der Waals surface area contributed by atoms with E-state index in [1.165, 1.54) is 6.07 Å². The molecule has 1 aromatic rings. The number of anilines is 2. The highest BCUT2D eigenvalue weighted by atomic mass is 19.1. The van der Waals surface area contributed by atoms with Crippen LogP contribution in [0.5, 0.6) is 0 Å². The van der Waals surface area contributed by atoms with Gasteiger partial charge in [-0.1, -0.05) is 5.92 Å². The van der Waals surface area contributed by atoms with E-state index in [1.807, 2.05) is 0 Å². The van der Waals surface area contributed by atoms with Gasteiger partial charge in [0.15, 0.2) is 0 Å². The molecule has 0 saturated heterocycles. The molecule has 1 amide bonds. The number of hydrogen-bond acceptors (Lipinski definition) is 3. The van der Waals surface area contributed by atoms with Crippen molar-refractivity contribution in [3.05, 3.63) is 23.5 Å². The normalized spacial score (nSPS) is 16.6. The highest BCUT2D eigenvalue weighted by molar-refractivity contribution is 6.51. The Bertz CT molecular complexity index is 644. The van der Waals surface area contributed by atoms with Crippen molar-refractivity contribution in [3.63, 3.8) is 0 Å². The van der Waals surface area contributed by atoms with Crippen LogP contribution in [-0.2, 0) is 4.79 Å². The van der Waals surface area contributed by atoms with Gasteiger partial charge in [-0.2, -0.15) is 0 Å². The summed E-state index contributed by atoms with van der Waals surface area (Å²) in [4.78, 5) is 24.6. The third-order valence-electron chi connectivity index (χ3n) is 3.58. The number of carbonyl (C=O) groups is 2. The smallest absolute Gasteiger partial charge is 0.296 e. The predicted molar refractivity (Wildman–Crippen MR) is 73.1 cm³/mol. The molecule has 0 radical (unpaired) electrons. The Labute approximate surface area is 116 Å². The Hall–Kier alpha value is -2.35. The van der Waals surface area contributed by atoms with Gasteiger partial charge in [0, 0.05) is 6.54 Å². The maximum absolute atomic E-state index is 14.2. The molecule has 1 heterocycles. The van der Waals surface area contributed by atoms with Gasteiger partial charge < -0.3 is 10.2 Å². The quantitative estimate of drug-likeness (QED) is 0.672. The molecule has 0 unspecified atom stereocenters. The zero-order chi connectivity index (χ0) is 14.3. The van der Waals surface area contributed by atoms with Crippen molar-refractivity contribution in [2.45, 2.75) is 12.8 Å². The van der Waals surface area contributed by atoms with Gasteiger partial charge in [0.1, 0.15) is 5.82 Å². The molecule has 0 aromatic heterocycles. The fraction of sp³-hybridized carbons (Fsp3) is 0.333. The summed E-state index contributed by atoms with van der Waals surface area (Å²) in [7, 11) is 0. The lowest BCUT2D eigenvalue weighted by atomic mass is 10.1. The highest BCUT2D eigenvalue weighted by Crippen LogP contribution is 2.35. The van der Waals surface area contributed by atoms with Crippen LogP contribution in [0.1, 0.15) is 23.2 Å². The molecule has 1 N–H and O–H groups in total. The zero-order valence-electron chi connectivity index (χ0n) is 10.8. The second-order valence-electron chi connectivity index (χ2n) is 5.16. The van der Waals surface area contributed by atoms with Crippen LogP contribution in [0, 0.1) is 24.1 Å².